The molecule has 0 atom stereocenters. The van der Waals surface area contributed by atoms with Gasteiger partial charge in [-0.3, -0.25) is 4.99 Å². The van der Waals surface area contributed by atoms with E-state index in [1.807, 2.05) is 26.0 Å². The summed E-state index contributed by atoms with van der Waals surface area (Å²) in [5.74, 6) is 0.894. The summed E-state index contributed by atoms with van der Waals surface area (Å²) in [6.07, 6.45) is 0. The van der Waals surface area contributed by atoms with Gasteiger partial charge in [0, 0.05) is 28.2 Å². The lowest BCUT2D eigenvalue weighted by Gasteiger charge is -2.12. The first kappa shape index (κ1) is 14.0. The summed E-state index contributed by atoms with van der Waals surface area (Å²) >= 11 is 0. The fourth-order valence-electron chi connectivity index (χ4n) is 1.67. The minimum absolute atomic E-state index is 0.894. The minimum Gasteiger partial charge on any atom is -0.359 e. The molecule has 0 unspecified atom stereocenters. The molecule has 0 amide bonds. The van der Waals surface area contributed by atoms with E-state index in [4.69, 9.17) is 0 Å². The molecule has 18 heavy (non-hydrogen) atoms. The van der Waals surface area contributed by atoms with Gasteiger partial charge in [0.15, 0.2) is 5.96 Å². The van der Waals surface area contributed by atoms with Crippen molar-refractivity contribution in [2.45, 2.75) is 0 Å². The fraction of sp³-hybridized carbons (Fsp3) is 0.267. The highest BCUT2D eigenvalue weighted by Gasteiger charge is 1.91. The number of guanidine groups is 1. The molecule has 0 bridgehead atoms. The van der Waals surface area contributed by atoms with Crippen LogP contribution in [0.15, 0.2) is 53.5 Å². The van der Waals surface area contributed by atoms with Crippen molar-refractivity contribution in [3.8, 4) is 0 Å². The van der Waals surface area contributed by atoms with Gasteiger partial charge in [0.1, 0.15) is 0 Å². The van der Waals surface area contributed by atoms with Gasteiger partial charge in [-0.2, -0.15) is 0 Å². The first-order valence-electron chi connectivity index (χ1n) is 5.94. The fourth-order valence-corrected chi connectivity index (χ4v) is 1.67. The van der Waals surface area contributed by atoms with Gasteiger partial charge in [-0.1, -0.05) is 48.5 Å². The van der Waals surface area contributed by atoms with Crippen molar-refractivity contribution >= 4 is 16.7 Å². The van der Waals surface area contributed by atoms with Crippen molar-refractivity contribution in [1.82, 2.24) is 10.2 Å². The smallest absolute Gasteiger partial charge is 0.192 e. The van der Waals surface area contributed by atoms with Crippen LogP contribution in [0.1, 0.15) is 0 Å². The lowest BCUT2D eigenvalue weighted by atomic mass is 10.1. The Labute approximate surface area is 109 Å². The summed E-state index contributed by atoms with van der Waals surface area (Å²) in [7, 11) is 7.49. The number of rotatable bonds is 0. The summed E-state index contributed by atoms with van der Waals surface area (Å²) in [6.45, 7) is 0. The molecule has 3 heteroatoms. The molecular formula is C15H21N3. The Balaban J connectivity index is 0.000000187. The van der Waals surface area contributed by atoms with Crippen LogP contribution in [-0.2, 0) is 0 Å². The molecule has 2 aromatic carbocycles. The predicted molar refractivity (Wildman–Crippen MR) is 80.1 cm³/mol. The topological polar surface area (TPSA) is 27.6 Å². The van der Waals surface area contributed by atoms with Crippen molar-refractivity contribution in [1.29, 1.82) is 0 Å². The number of aliphatic imine (C=N–C) groups is 1. The number of nitrogens with one attached hydrogen (secondary N) is 1. The van der Waals surface area contributed by atoms with Gasteiger partial charge >= 0.3 is 0 Å². The van der Waals surface area contributed by atoms with Crippen LogP contribution in [0.2, 0.25) is 0 Å². The molecule has 2 aromatic rings. The normalized spacial score (nSPS) is 10.6. The van der Waals surface area contributed by atoms with Gasteiger partial charge in [0.25, 0.3) is 0 Å². The second-order valence-electron chi connectivity index (χ2n) is 4.04. The van der Waals surface area contributed by atoms with Crippen LogP contribution in [0.3, 0.4) is 0 Å². The van der Waals surface area contributed by atoms with E-state index in [2.05, 4.69) is 58.8 Å². The van der Waals surface area contributed by atoms with Crippen molar-refractivity contribution in [3.63, 3.8) is 0 Å². The second kappa shape index (κ2) is 7.33. The highest BCUT2D eigenvalue weighted by molar-refractivity contribution is 5.82. The molecule has 0 radical (unpaired) electrons. The Hall–Kier alpha value is -2.03. The molecule has 0 aromatic heterocycles. The maximum atomic E-state index is 3.94. The molecule has 0 aliphatic heterocycles. The van der Waals surface area contributed by atoms with E-state index in [0.29, 0.717) is 0 Å². The molecule has 0 heterocycles. The van der Waals surface area contributed by atoms with Crippen molar-refractivity contribution < 1.29 is 0 Å². The number of fused-ring (bicyclic) bond motifs is 1. The van der Waals surface area contributed by atoms with E-state index >= 15 is 0 Å². The summed E-state index contributed by atoms with van der Waals surface area (Å²) in [6, 6.07) is 16.7. The average Bonchev–Trinajstić information content (AvgIpc) is 2.41. The summed E-state index contributed by atoms with van der Waals surface area (Å²) in [5, 5.41) is 5.55. The van der Waals surface area contributed by atoms with Gasteiger partial charge in [-0.15, -0.1) is 0 Å². The molecule has 0 saturated carbocycles. The first-order chi connectivity index (χ1) is 8.69. The number of benzene rings is 2. The third-order valence-corrected chi connectivity index (χ3v) is 2.52. The Kier molecular flexibility index (Phi) is 5.71. The molecule has 0 aliphatic carbocycles. The molecule has 3 nitrogen and oxygen atoms in total. The van der Waals surface area contributed by atoms with Crippen LogP contribution in [0, 0.1) is 0 Å². The lowest BCUT2D eigenvalue weighted by Crippen LogP contribution is -2.33. The van der Waals surface area contributed by atoms with E-state index in [1.165, 1.54) is 10.8 Å². The summed E-state index contributed by atoms with van der Waals surface area (Å²) in [4.78, 5) is 5.85. The Morgan fingerprint density at radius 3 is 1.50 bits per heavy atom. The summed E-state index contributed by atoms with van der Waals surface area (Å²) in [5.41, 5.74) is 0. The van der Waals surface area contributed by atoms with Crippen LogP contribution in [0.5, 0.6) is 0 Å². The van der Waals surface area contributed by atoms with Gasteiger partial charge in [-0.25, -0.2) is 0 Å². The van der Waals surface area contributed by atoms with E-state index in [-0.39, 0.29) is 0 Å². The van der Waals surface area contributed by atoms with Gasteiger partial charge in [-0.05, 0) is 10.8 Å². The van der Waals surface area contributed by atoms with E-state index in [0.717, 1.165) is 5.96 Å². The van der Waals surface area contributed by atoms with E-state index in [9.17, 15) is 0 Å². The predicted octanol–water partition coefficient (Wildman–Crippen LogP) is 2.59. The molecule has 96 valence electrons. The largest absolute Gasteiger partial charge is 0.359 e. The van der Waals surface area contributed by atoms with Crippen LogP contribution in [0.4, 0.5) is 0 Å². The highest BCUT2D eigenvalue weighted by Crippen LogP contribution is 2.11. The molecule has 0 fully saturated rings. The second-order valence-corrected chi connectivity index (χ2v) is 4.04. The molecule has 0 saturated heterocycles. The zero-order chi connectivity index (χ0) is 13.4. The van der Waals surface area contributed by atoms with E-state index < -0.39 is 0 Å². The highest BCUT2D eigenvalue weighted by atomic mass is 15.2. The number of nitrogens with zero attached hydrogens (tertiary/aromatic N) is 2. The zero-order valence-corrected chi connectivity index (χ0v) is 11.5. The van der Waals surface area contributed by atoms with Gasteiger partial charge < -0.3 is 10.2 Å². The molecule has 0 spiro atoms. The maximum Gasteiger partial charge on any atom is 0.192 e. The number of hydrogen-bond acceptors (Lipinski definition) is 1. The Bertz CT molecular complexity index is 438. The molecular weight excluding hydrogens is 222 g/mol. The van der Waals surface area contributed by atoms with Crippen LogP contribution in [-0.4, -0.2) is 39.1 Å². The first-order valence-corrected chi connectivity index (χ1v) is 5.94. The maximum absolute atomic E-state index is 3.94. The van der Waals surface area contributed by atoms with Crippen molar-refractivity contribution in [2.75, 3.05) is 28.2 Å². The van der Waals surface area contributed by atoms with Crippen molar-refractivity contribution in [2.24, 2.45) is 4.99 Å². The van der Waals surface area contributed by atoms with E-state index in [1.54, 1.807) is 7.05 Å². The standard InChI is InChI=1S/C10H8.C5H13N3/c1-2-6-10-8-4-3-7-9(10)5-1;1-6-5(7-2)8(3)4/h1-8H;1-4H3,(H,6,7). The monoisotopic (exact) mass is 243 g/mol. The molecule has 0 aliphatic rings. The zero-order valence-electron chi connectivity index (χ0n) is 11.5. The van der Waals surface area contributed by atoms with Crippen LogP contribution >= 0.6 is 0 Å². The summed E-state index contributed by atoms with van der Waals surface area (Å²) < 4.78 is 0. The van der Waals surface area contributed by atoms with Gasteiger partial charge in [0.05, 0.1) is 0 Å². The molecule has 1 N–H and O–H groups in total. The van der Waals surface area contributed by atoms with Crippen LogP contribution < -0.4 is 5.32 Å². The molecule has 2 rings (SSSR count). The Morgan fingerprint density at radius 1 is 0.944 bits per heavy atom. The lowest BCUT2D eigenvalue weighted by molar-refractivity contribution is 0.596. The quantitative estimate of drug-likeness (QED) is 0.569. The van der Waals surface area contributed by atoms with Crippen LogP contribution in [0.25, 0.3) is 10.8 Å². The number of hydrogen-bond donors (Lipinski definition) is 1. The average molecular weight is 243 g/mol. The van der Waals surface area contributed by atoms with Gasteiger partial charge in [0.2, 0.25) is 0 Å². The SMILES string of the molecule is CN=C(NC)N(C)C.c1ccc2ccccc2c1. The van der Waals surface area contributed by atoms with Crippen molar-refractivity contribution in [3.05, 3.63) is 48.5 Å². The third kappa shape index (κ3) is 4.09. The minimum atomic E-state index is 0.894. The Morgan fingerprint density at radius 2 is 1.33 bits per heavy atom. The third-order valence-electron chi connectivity index (χ3n) is 2.52.